The second kappa shape index (κ2) is 5.45. The van der Waals surface area contributed by atoms with Crippen molar-refractivity contribution in [3.8, 4) is 11.1 Å². The van der Waals surface area contributed by atoms with Crippen LogP contribution in [0.1, 0.15) is 5.56 Å². The molecule has 0 amide bonds. The Morgan fingerprint density at radius 1 is 1.10 bits per heavy atom. The Bertz CT molecular complexity index is 741. The maximum absolute atomic E-state index is 12.6. The standard InChI is InChI=1S/C13H11F3N2O2S/c1-17-21(19,20)12-6-5-10(8-18-12)9-3-2-4-11(7-9)13(14,15)16/h2-8,17H,1H3. The summed E-state index contributed by atoms with van der Waals surface area (Å²) in [5.41, 5.74) is -0.0613. The molecule has 1 aromatic heterocycles. The number of nitrogens with one attached hydrogen (secondary N) is 1. The Morgan fingerprint density at radius 2 is 1.81 bits per heavy atom. The molecule has 1 N–H and O–H groups in total. The Hall–Kier alpha value is -1.93. The molecular formula is C13H11F3N2O2S. The SMILES string of the molecule is CNS(=O)(=O)c1ccc(-c2cccc(C(F)(F)F)c2)cn1. The van der Waals surface area contributed by atoms with E-state index in [0.717, 1.165) is 12.1 Å². The molecular weight excluding hydrogens is 305 g/mol. The molecule has 21 heavy (non-hydrogen) atoms. The van der Waals surface area contributed by atoms with Gasteiger partial charge >= 0.3 is 6.18 Å². The van der Waals surface area contributed by atoms with Gasteiger partial charge in [0.15, 0.2) is 5.03 Å². The number of alkyl halides is 3. The van der Waals surface area contributed by atoms with Gasteiger partial charge in [0.2, 0.25) is 0 Å². The summed E-state index contributed by atoms with van der Waals surface area (Å²) < 4.78 is 63.1. The third kappa shape index (κ3) is 3.40. The third-order valence-corrected chi connectivity index (χ3v) is 4.13. The van der Waals surface area contributed by atoms with E-state index in [4.69, 9.17) is 0 Å². The highest BCUT2D eigenvalue weighted by Gasteiger charge is 2.30. The molecule has 0 aliphatic carbocycles. The number of sulfonamides is 1. The van der Waals surface area contributed by atoms with E-state index >= 15 is 0 Å². The van der Waals surface area contributed by atoms with Gasteiger partial charge in [-0.05, 0) is 36.9 Å². The quantitative estimate of drug-likeness (QED) is 0.947. The number of pyridine rings is 1. The summed E-state index contributed by atoms with van der Waals surface area (Å²) in [6.07, 6.45) is -3.21. The number of benzene rings is 1. The van der Waals surface area contributed by atoms with Crippen LogP contribution in [0.5, 0.6) is 0 Å². The fraction of sp³-hybridized carbons (Fsp3) is 0.154. The van der Waals surface area contributed by atoms with Gasteiger partial charge in [0.05, 0.1) is 5.56 Å². The van der Waals surface area contributed by atoms with E-state index in [2.05, 4.69) is 9.71 Å². The van der Waals surface area contributed by atoms with Crippen molar-refractivity contribution in [2.75, 3.05) is 7.05 Å². The molecule has 0 aliphatic rings. The topological polar surface area (TPSA) is 59.1 Å². The lowest BCUT2D eigenvalue weighted by atomic mass is 10.0. The second-order valence-corrected chi connectivity index (χ2v) is 6.00. The van der Waals surface area contributed by atoms with Crippen molar-refractivity contribution in [1.29, 1.82) is 0 Å². The molecule has 0 saturated heterocycles. The van der Waals surface area contributed by atoms with Gasteiger partial charge in [-0.25, -0.2) is 18.1 Å². The van der Waals surface area contributed by atoms with E-state index in [1.807, 2.05) is 0 Å². The van der Waals surface area contributed by atoms with E-state index in [-0.39, 0.29) is 5.03 Å². The molecule has 0 unspecified atom stereocenters. The normalized spacial score (nSPS) is 12.4. The summed E-state index contributed by atoms with van der Waals surface area (Å²) in [6.45, 7) is 0. The molecule has 2 rings (SSSR count). The summed E-state index contributed by atoms with van der Waals surface area (Å²) in [4.78, 5) is 3.76. The number of rotatable bonds is 3. The van der Waals surface area contributed by atoms with Crippen LogP contribution in [0.25, 0.3) is 11.1 Å². The van der Waals surface area contributed by atoms with Crippen LogP contribution in [0, 0.1) is 0 Å². The van der Waals surface area contributed by atoms with E-state index in [9.17, 15) is 21.6 Å². The molecule has 1 aromatic carbocycles. The molecule has 2 aromatic rings. The minimum atomic E-state index is -4.43. The average Bonchev–Trinajstić information content (AvgIpc) is 2.47. The first kappa shape index (κ1) is 15.5. The molecule has 0 fully saturated rings. The zero-order valence-corrected chi connectivity index (χ0v) is 11.7. The summed E-state index contributed by atoms with van der Waals surface area (Å²) in [5, 5.41) is -0.194. The van der Waals surface area contributed by atoms with Crippen molar-refractivity contribution in [2.45, 2.75) is 11.2 Å². The van der Waals surface area contributed by atoms with Gasteiger partial charge in [-0.3, -0.25) is 0 Å². The minimum absolute atomic E-state index is 0.194. The van der Waals surface area contributed by atoms with Gasteiger partial charge in [0.1, 0.15) is 0 Å². The summed E-state index contributed by atoms with van der Waals surface area (Å²) >= 11 is 0. The molecule has 0 atom stereocenters. The Balaban J connectivity index is 2.40. The van der Waals surface area contributed by atoms with E-state index in [1.165, 1.54) is 37.5 Å². The molecule has 1 heterocycles. The zero-order chi connectivity index (χ0) is 15.7. The van der Waals surface area contributed by atoms with Crippen LogP contribution in [0.3, 0.4) is 0 Å². The Morgan fingerprint density at radius 3 is 2.33 bits per heavy atom. The number of nitrogens with zero attached hydrogens (tertiary/aromatic N) is 1. The van der Waals surface area contributed by atoms with Crippen molar-refractivity contribution in [2.24, 2.45) is 0 Å². The van der Waals surface area contributed by atoms with Gasteiger partial charge in [0, 0.05) is 11.8 Å². The third-order valence-electron chi connectivity index (χ3n) is 2.80. The largest absolute Gasteiger partial charge is 0.416 e. The van der Waals surface area contributed by atoms with Crippen LogP contribution >= 0.6 is 0 Å². The van der Waals surface area contributed by atoms with E-state index < -0.39 is 21.8 Å². The van der Waals surface area contributed by atoms with Gasteiger partial charge in [0.25, 0.3) is 10.0 Å². The summed E-state index contributed by atoms with van der Waals surface area (Å²) in [7, 11) is -2.42. The molecule has 0 bridgehead atoms. The molecule has 0 spiro atoms. The van der Waals surface area contributed by atoms with Crippen molar-refractivity contribution < 1.29 is 21.6 Å². The lowest BCUT2D eigenvalue weighted by molar-refractivity contribution is -0.137. The van der Waals surface area contributed by atoms with Gasteiger partial charge in [-0.15, -0.1) is 0 Å². The number of hydrogen-bond acceptors (Lipinski definition) is 3. The highest BCUT2D eigenvalue weighted by atomic mass is 32.2. The summed E-state index contributed by atoms with van der Waals surface area (Å²) in [6, 6.07) is 7.39. The maximum Gasteiger partial charge on any atom is 0.416 e. The van der Waals surface area contributed by atoms with E-state index in [1.54, 1.807) is 0 Å². The maximum atomic E-state index is 12.6. The van der Waals surface area contributed by atoms with Crippen molar-refractivity contribution in [3.05, 3.63) is 48.2 Å². The van der Waals surface area contributed by atoms with Crippen LogP contribution in [0.2, 0.25) is 0 Å². The van der Waals surface area contributed by atoms with E-state index in [0.29, 0.717) is 11.1 Å². The second-order valence-electron chi connectivity index (χ2n) is 4.17. The first-order chi connectivity index (χ1) is 9.74. The predicted octanol–water partition coefficient (Wildman–Crippen LogP) is 2.68. The monoisotopic (exact) mass is 316 g/mol. The van der Waals surface area contributed by atoms with Crippen LogP contribution in [-0.2, 0) is 16.2 Å². The number of aromatic nitrogens is 1. The van der Waals surface area contributed by atoms with Gasteiger partial charge in [-0.2, -0.15) is 13.2 Å². The van der Waals surface area contributed by atoms with Gasteiger partial charge in [-0.1, -0.05) is 12.1 Å². The van der Waals surface area contributed by atoms with Crippen molar-refractivity contribution >= 4 is 10.0 Å². The van der Waals surface area contributed by atoms with Crippen LogP contribution < -0.4 is 4.72 Å². The highest BCUT2D eigenvalue weighted by molar-refractivity contribution is 7.89. The van der Waals surface area contributed by atoms with Crippen molar-refractivity contribution in [3.63, 3.8) is 0 Å². The first-order valence-corrected chi connectivity index (χ1v) is 7.29. The Labute approximate surface area is 119 Å². The molecule has 0 radical (unpaired) electrons. The first-order valence-electron chi connectivity index (χ1n) is 5.81. The van der Waals surface area contributed by atoms with Crippen LogP contribution in [0.15, 0.2) is 47.6 Å². The smallest absolute Gasteiger partial charge is 0.243 e. The fourth-order valence-corrected chi connectivity index (χ4v) is 2.34. The minimum Gasteiger partial charge on any atom is -0.243 e. The number of hydrogen-bond donors (Lipinski definition) is 1. The van der Waals surface area contributed by atoms with Crippen LogP contribution in [-0.4, -0.2) is 20.4 Å². The predicted molar refractivity (Wildman–Crippen MR) is 70.9 cm³/mol. The molecule has 8 heteroatoms. The Kier molecular flexibility index (Phi) is 4.02. The summed E-state index contributed by atoms with van der Waals surface area (Å²) in [5.74, 6) is 0. The van der Waals surface area contributed by atoms with Gasteiger partial charge < -0.3 is 0 Å². The molecule has 112 valence electrons. The molecule has 0 aliphatic heterocycles. The van der Waals surface area contributed by atoms with Crippen molar-refractivity contribution in [1.82, 2.24) is 9.71 Å². The lowest BCUT2D eigenvalue weighted by Gasteiger charge is -2.09. The molecule has 4 nitrogen and oxygen atoms in total. The highest BCUT2D eigenvalue weighted by Crippen LogP contribution is 2.32. The number of halogens is 3. The zero-order valence-electron chi connectivity index (χ0n) is 10.8. The van der Waals surface area contributed by atoms with Crippen LogP contribution in [0.4, 0.5) is 13.2 Å². The fourth-order valence-electron chi connectivity index (χ4n) is 1.69. The lowest BCUT2D eigenvalue weighted by Crippen LogP contribution is -2.19. The molecule has 0 saturated carbocycles. The average molecular weight is 316 g/mol.